The number of hydrogen-bond donors (Lipinski definition) is 4. The molecule has 80 valence electrons. The van der Waals surface area contributed by atoms with Crippen molar-refractivity contribution in [3.63, 3.8) is 0 Å². The van der Waals surface area contributed by atoms with Crippen molar-refractivity contribution < 1.29 is 42.1 Å². The van der Waals surface area contributed by atoms with Gasteiger partial charge < -0.3 is 20.4 Å². The van der Waals surface area contributed by atoms with Gasteiger partial charge in [-0.3, -0.25) is 0 Å². The van der Waals surface area contributed by atoms with E-state index in [9.17, 15) is 0 Å². The fourth-order valence-electron chi connectivity index (χ4n) is 0.482. The van der Waals surface area contributed by atoms with Gasteiger partial charge in [-0.15, -0.1) is 0 Å². The zero-order valence-corrected chi connectivity index (χ0v) is 9.67. The third kappa shape index (κ3) is 32.6. The van der Waals surface area contributed by atoms with Crippen LogP contribution < -0.4 is 0 Å². The zero-order chi connectivity index (χ0) is 9.82. The van der Waals surface area contributed by atoms with Crippen LogP contribution in [0.2, 0.25) is 0 Å². The summed E-state index contributed by atoms with van der Waals surface area (Å²) < 4.78 is 0. The molecule has 0 amide bonds. The van der Waals surface area contributed by atoms with Gasteiger partial charge in [0.2, 0.25) is 0 Å². The van der Waals surface area contributed by atoms with Crippen LogP contribution in [0.3, 0.4) is 0 Å². The number of aliphatic hydroxyl groups excluding tert-OH is 3. The SMILES string of the molecule is CCCC(O)O.OCCCCO.[Ti]. The van der Waals surface area contributed by atoms with E-state index in [0.717, 1.165) is 19.3 Å². The Balaban J connectivity index is -0.000000143. The Hall–Kier alpha value is 0.554. The number of hydrogen-bond acceptors (Lipinski definition) is 4. The minimum atomic E-state index is -1.10. The van der Waals surface area contributed by atoms with E-state index in [1.807, 2.05) is 6.92 Å². The van der Waals surface area contributed by atoms with Crippen LogP contribution in [-0.2, 0) is 21.7 Å². The van der Waals surface area contributed by atoms with Crippen LogP contribution in [0.15, 0.2) is 0 Å². The molecule has 0 aromatic carbocycles. The molecule has 0 saturated carbocycles. The van der Waals surface area contributed by atoms with Crippen LogP contribution in [-0.4, -0.2) is 39.9 Å². The van der Waals surface area contributed by atoms with Crippen LogP contribution in [0.5, 0.6) is 0 Å². The van der Waals surface area contributed by atoms with Crippen molar-refractivity contribution in [3.8, 4) is 0 Å². The van der Waals surface area contributed by atoms with Gasteiger partial charge in [-0.2, -0.15) is 0 Å². The summed E-state index contributed by atoms with van der Waals surface area (Å²) in [5.74, 6) is 0. The minimum absolute atomic E-state index is 0. The van der Waals surface area contributed by atoms with Gasteiger partial charge in [0, 0.05) is 34.9 Å². The van der Waals surface area contributed by atoms with Gasteiger partial charge in [-0.1, -0.05) is 13.3 Å². The van der Waals surface area contributed by atoms with Gasteiger partial charge in [0.25, 0.3) is 0 Å². The molecule has 4 N–H and O–H groups in total. The van der Waals surface area contributed by atoms with Crippen molar-refractivity contribution >= 4 is 0 Å². The first-order chi connectivity index (χ1) is 5.68. The quantitative estimate of drug-likeness (QED) is 0.299. The van der Waals surface area contributed by atoms with E-state index < -0.39 is 6.29 Å². The molecule has 0 unspecified atom stereocenters. The Morgan fingerprint density at radius 2 is 1.38 bits per heavy atom. The van der Waals surface area contributed by atoms with Crippen LogP contribution in [0.1, 0.15) is 32.6 Å². The molecule has 0 aliphatic carbocycles. The monoisotopic (exact) mass is 228 g/mol. The average molecular weight is 228 g/mol. The molecule has 0 saturated heterocycles. The zero-order valence-electron chi connectivity index (χ0n) is 8.11. The van der Waals surface area contributed by atoms with Gasteiger partial charge in [0.05, 0.1) is 0 Å². The Bertz CT molecular complexity index is 67.2. The second kappa shape index (κ2) is 18.4. The van der Waals surface area contributed by atoms with Crippen molar-refractivity contribution in [2.75, 3.05) is 13.2 Å². The summed E-state index contributed by atoms with van der Waals surface area (Å²) in [5.41, 5.74) is 0. The smallest absolute Gasteiger partial charge is 0.151 e. The Kier molecular flexibility index (Phi) is 27.1. The molecule has 0 aliphatic rings. The van der Waals surface area contributed by atoms with E-state index in [-0.39, 0.29) is 34.9 Å². The van der Waals surface area contributed by atoms with Crippen molar-refractivity contribution in [2.45, 2.75) is 38.9 Å². The Morgan fingerprint density at radius 3 is 1.46 bits per heavy atom. The summed E-state index contributed by atoms with van der Waals surface area (Å²) in [7, 11) is 0. The minimum Gasteiger partial charge on any atom is -0.396 e. The molecule has 0 aliphatic heterocycles. The number of unbranched alkanes of at least 4 members (excludes halogenated alkanes) is 1. The predicted octanol–water partition coefficient (Wildman–Crippen LogP) is -0.154. The summed E-state index contributed by atoms with van der Waals surface area (Å²) in [4.78, 5) is 0. The Labute approximate surface area is 94.5 Å². The topological polar surface area (TPSA) is 80.9 Å². The van der Waals surface area contributed by atoms with Crippen molar-refractivity contribution in [1.29, 1.82) is 0 Å². The number of rotatable bonds is 5. The molecule has 0 spiro atoms. The van der Waals surface area contributed by atoms with E-state index in [2.05, 4.69) is 0 Å². The van der Waals surface area contributed by atoms with Crippen molar-refractivity contribution in [3.05, 3.63) is 0 Å². The van der Waals surface area contributed by atoms with Gasteiger partial charge in [0.1, 0.15) is 0 Å². The maximum absolute atomic E-state index is 8.11. The van der Waals surface area contributed by atoms with Crippen LogP contribution in [0.25, 0.3) is 0 Å². The fraction of sp³-hybridized carbons (Fsp3) is 1.00. The first-order valence-electron chi connectivity index (χ1n) is 4.26. The van der Waals surface area contributed by atoms with E-state index in [0.29, 0.717) is 6.42 Å². The molecule has 0 aromatic heterocycles. The second-order valence-electron chi connectivity index (χ2n) is 2.42. The molecule has 13 heavy (non-hydrogen) atoms. The van der Waals surface area contributed by atoms with Crippen molar-refractivity contribution in [2.24, 2.45) is 0 Å². The fourth-order valence-corrected chi connectivity index (χ4v) is 0.482. The molecule has 0 radical (unpaired) electrons. The standard InChI is InChI=1S/2C4H10O2.Ti/c1-2-3-4(5)6;5-3-1-2-4-6;/h4-6H,2-3H2,1H3;5-6H,1-4H2;. The van der Waals surface area contributed by atoms with E-state index >= 15 is 0 Å². The van der Waals surface area contributed by atoms with Crippen molar-refractivity contribution in [1.82, 2.24) is 0 Å². The molecule has 0 heterocycles. The third-order valence-corrected chi connectivity index (χ3v) is 1.11. The maximum atomic E-state index is 8.11. The normalized spacial score (nSPS) is 8.77. The molecule has 4 nitrogen and oxygen atoms in total. The molecule has 5 heteroatoms. The molecular weight excluding hydrogens is 208 g/mol. The largest absolute Gasteiger partial charge is 0.396 e. The summed E-state index contributed by atoms with van der Waals surface area (Å²) in [6, 6.07) is 0. The molecular formula is C8H20O4Ti. The van der Waals surface area contributed by atoms with E-state index in [1.165, 1.54) is 0 Å². The average Bonchev–Trinajstić information content (AvgIpc) is 2.02. The third-order valence-electron chi connectivity index (χ3n) is 1.11. The van der Waals surface area contributed by atoms with Gasteiger partial charge >= 0.3 is 0 Å². The molecule has 0 bridgehead atoms. The summed E-state index contributed by atoms with van der Waals surface area (Å²) in [5, 5.41) is 32.4. The summed E-state index contributed by atoms with van der Waals surface area (Å²) >= 11 is 0. The molecule has 0 rings (SSSR count). The van der Waals surface area contributed by atoms with E-state index in [1.54, 1.807) is 0 Å². The van der Waals surface area contributed by atoms with E-state index in [4.69, 9.17) is 20.4 Å². The van der Waals surface area contributed by atoms with Gasteiger partial charge in [-0.05, 0) is 19.3 Å². The molecule has 0 aromatic rings. The van der Waals surface area contributed by atoms with Crippen LogP contribution in [0, 0.1) is 0 Å². The summed E-state index contributed by atoms with van der Waals surface area (Å²) in [6.07, 6.45) is 1.65. The van der Waals surface area contributed by atoms with Crippen LogP contribution in [0.4, 0.5) is 0 Å². The van der Waals surface area contributed by atoms with Crippen LogP contribution >= 0.6 is 0 Å². The van der Waals surface area contributed by atoms with Gasteiger partial charge in [0.15, 0.2) is 6.29 Å². The van der Waals surface area contributed by atoms with Gasteiger partial charge in [-0.25, -0.2) is 0 Å². The molecule has 0 fully saturated rings. The first kappa shape index (κ1) is 19.2. The first-order valence-corrected chi connectivity index (χ1v) is 4.26. The number of aliphatic hydroxyl groups is 4. The predicted molar refractivity (Wildman–Crippen MR) is 46.5 cm³/mol. The second-order valence-corrected chi connectivity index (χ2v) is 2.42. The molecule has 0 atom stereocenters. The maximum Gasteiger partial charge on any atom is 0.151 e. The Morgan fingerprint density at radius 1 is 1.00 bits per heavy atom. The summed E-state index contributed by atoms with van der Waals surface area (Å²) in [6.45, 7) is 2.29.